The zero-order chi connectivity index (χ0) is 21.7. The molecule has 0 bridgehead atoms. The molecule has 1 saturated heterocycles. The van der Waals surface area contributed by atoms with E-state index in [1.807, 2.05) is 44.2 Å². The van der Waals surface area contributed by atoms with E-state index in [-0.39, 0.29) is 17.4 Å². The van der Waals surface area contributed by atoms with Gasteiger partial charge in [-0.25, -0.2) is 0 Å². The van der Waals surface area contributed by atoms with Crippen molar-refractivity contribution in [1.82, 2.24) is 4.90 Å². The molecular formula is C25H29NO4. The third kappa shape index (κ3) is 4.62. The first-order chi connectivity index (χ1) is 14.4. The number of ketones is 1. The van der Waals surface area contributed by atoms with E-state index >= 15 is 0 Å². The maximum absolute atomic E-state index is 12.9. The van der Waals surface area contributed by atoms with Crippen molar-refractivity contribution in [3.8, 4) is 0 Å². The molecule has 30 heavy (non-hydrogen) atoms. The molecule has 1 aliphatic heterocycles. The molecule has 3 rings (SSSR count). The minimum absolute atomic E-state index is 0.107. The average molecular weight is 408 g/mol. The van der Waals surface area contributed by atoms with Gasteiger partial charge in [0.2, 0.25) is 0 Å². The van der Waals surface area contributed by atoms with Gasteiger partial charge in [0, 0.05) is 18.7 Å². The van der Waals surface area contributed by atoms with Crippen LogP contribution in [0.3, 0.4) is 0 Å². The van der Waals surface area contributed by atoms with E-state index in [4.69, 9.17) is 4.74 Å². The Morgan fingerprint density at radius 3 is 2.33 bits per heavy atom. The number of Topliss-reactive ketones (excluding diaryl/α,β-unsaturated/α-hetero) is 1. The van der Waals surface area contributed by atoms with E-state index in [1.54, 1.807) is 29.2 Å². The van der Waals surface area contributed by atoms with Crippen LogP contribution in [-0.4, -0.2) is 41.0 Å². The predicted octanol–water partition coefficient (Wildman–Crippen LogP) is 4.49. The van der Waals surface area contributed by atoms with Gasteiger partial charge in [-0.1, -0.05) is 61.5 Å². The molecule has 0 saturated carbocycles. The van der Waals surface area contributed by atoms with Crippen molar-refractivity contribution in [2.75, 3.05) is 13.2 Å². The van der Waals surface area contributed by atoms with Crippen LogP contribution in [0.5, 0.6) is 0 Å². The first kappa shape index (κ1) is 21.8. The molecule has 1 N–H and O–H groups in total. The number of rotatable bonds is 8. The van der Waals surface area contributed by atoms with Gasteiger partial charge in [-0.05, 0) is 37.8 Å². The van der Waals surface area contributed by atoms with Crippen molar-refractivity contribution >= 4 is 17.4 Å². The minimum atomic E-state index is -0.648. The standard InChI is InChI=1S/C25H29NO4/c1-4-18-11-13-19(14-12-18)22-21(23(27)20-9-6-5-7-10-20)24(28)25(29)26(22)15-8-16-30-17(2)3/h5-7,9-14,17,22,27H,4,8,15-16H2,1-3H3/t22-/m0/s1. The summed E-state index contributed by atoms with van der Waals surface area (Å²) in [5, 5.41) is 11.0. The number of benzene rings is 2. The van der Waals surface area contributed by atoms with Crippen molar-refractivity contribution in [3.05, 3.63) is 76.9 Å². The van der Waals surface area contributed by atoms with Crippen LogP contribution in [0, 0.1) is 0 Å². The van der Waals surface area contributed by atoms with Crippen molar-refractivity contribution in [2.45, 2.75) is 45.8 Å². The highest BCUT2D eigenvalue weighted by atomic mass is 16.5. The molecule has 1 atom stereocenters. The van der Waals surface area contributed by atoms with Crippen molar-refractivity contribution in [2.24, 2.45) is 0 Å². The van der Waals surface area contributed by atoms with Gasteiger partial charge in [0.15, 0.2) is 0 Å². The van der Waals surface area contributed by atoms with Gasteiger partial charge < -0.3 is 14.7 Å². The van der Waals surface area contributed by atoms with Gasteiger partial charge in [-0.2, -0.15) is 0 Å². The number of ether oxygens (including phenoxy) is 1. The summed E-state index contributed by atoms with van der Waals surface area (Å²) in [6.45, 7) is 6.87. The number of amides is 1. The van der Waals surface area contributed by atoms with Crippen LogP contribution >= 0.6 is 0 Å². The molecule has 1 aliphatic rings. The van der Waals surface area contributed by atoms with Crippen LogP contribution in [0.1, 0.15) is 49.9 Å². The summed E-state index contributed by atoms with van der Waals surface area (Å²) in [4.78, 5) is 27.4. The first-order valence-electron chi connectivity index (χ1n) is 10.5. The lowest BCUT2D eigenvalue weighted by molar-refractivity contribution is -0.140. The summed E-state index contributed by atoms with van der Waals surface area (Å²) in [6, 6.07) is 16.1. The number of aryl methyl sites for hydroxylation is 1. The monoisotopic (exact) mass is 407 g/mol. The Morgan fingerprint density at radius 2 is 1.73 bits per heavy atom. The molecule has 1 fully saturated rings. The molecule has 0 spiro atoms. The van der Waals surface area contributed by atoms with Gasteiger partial charge in [0.25, 0.3) is 11.7 Å². The van der Waals surface area contributed by atoms with Crippen molar-refractivity contribution in [1.29, 1.82) is 0 Å². The number of hydrogen-bond donors (Lipinski definition) is 1. The number of carbonyl (C=O) groups excluding carboxylic acids is 2. The lowest BCUT2D eigenvalue weighted by Crippen LogP contribution is -2.31. The summed E-state index contributed by atoms with van der Waals surface area (Å²) < 4.78 is 5.59. The fourth-order valence-corrected chi connectivity index (χ4v) is 3.70. The number of aliphatic hydroxyl groups excluding tert-OH is 1. The molecule has 2 aromatic rings. The van der Waals surface area contributed by atoms with Gasteiger partial charge in [0.05, 0.1) is 17.7 Å². The first-order valence-corrected chi connectivity index (χ1v) is 10.5. The highest BCUT2D eigenvalue weighted by Crippen LogP contribution is 2.39. The van der Waals surface area contributed by atoms with Crippen LogP contribution in [0.4, 0.5) is 0 Å². The molecule has 0 radical (unpaired) electrons. The Bertz CT molecular complexity index is 916. The highest BCUT2D eigenvalue weighted by molar-refractivity contribution is 6.46. The van der Waals surface area contributed by atoms with Crippen LogP contribution in [0.15, 0.2) is 60.2 Å². The zero-order valence-electron chi connectivity index (χ0n) is 17.8. The third-order valence-electron chi connectivity index (χ3n) is 5.29. The van der Waals surface area contributed by atoms with Crippen LogP contribution < -0.4 is 0 Å². The third-order valence-corrected chi connectivity index (χ3v) is 5.29. The largest absolute Gasteiger partial charge is 0.507 e. The van der Waals surface area contributed by atoms with E-state index < -0.39 is 17.7 Å². The number of carbonyl (C=O) groups is 2. The summed E-state index contributed by atoms with van der Waals surface area (Å²) in [7, 11) is 0. The van der Waals surface area contributed by atoms with Gasteiger partial charge in [0.1, 0.15) is 5.76 Å². The van der Waals surface area contributed by atoms with Crippen molar-refractivity contribution in [3.63, 3.8) is 0 Å². The molecule has 0 aromatic heterocycles. The molecule has 158 valence electrons. The smallest absolute Gasteiger partial charge is 0.295 e. The number of hydrogen-bond acceptors (Lipinski definition) is 4. The summed E-state index contributed by atoms with van der Waals surface area (Å²) >= 11 is 0. The summed E-state index contributed by atoms with van der Waals surface area (Å²) in [5.41, 5.74) is 2.65. The zero-order valence-corrected chi connectivity index (χ0v) is 17.8. The van der Waals surface area contributed by atoms with Crippen LogP contribution in [0.25, 0.3) is 5.76 Å². The normalized spacial score (nSPS) is 18.4. The minimum Gasteiger partial charge on any atom is -0.507 e. The highest BCUT2D eigenvalue weighted by Gasteiger charge is 2.45. The lowest BCUT2D eigenvalue weighted by atomic mass is 9.94. The van der Waals surface area contributed by atoms with E-state index in [1.165, 1.54) is 5.56 Å². The summed E-state index contributed by atoms with van der Waals surface area (Å²) in [6.07, 6.45) is 1.62. The van der Waals surface area contributed by atoms with Gasteiger partial charge in [-0.3, -0.25) is 9.59 Å². The molecule has 5 nitrogen and oxygen atoms in total. The van der Waals surface area contributed by atoms with E-state index in [2.05, 4.69) is 6.92 Å². The maximum Gasteiger partial charge on any atom is 0.295 e. The molecule has 5 heteroatoms. The number of nitrogens with zero attached hydrogens (tertiary/aromatic N) is 1. The second-order valence-corrected chi connectivity index (χ2v) is 7.73. The molecule has 0 aliphatic carbocycles. The number of aliphatic hydroxyl groups is 1. The van der Waals surface area contributed by atoms with Crippen LogP contribution in [-0.2, 0) is 20.7 Å². The second-order valence-electron chi connectivity index (χ2n) is 7.73. The van der Waals surface area contributed by atoms with Gasteiger partial charge in [-0.15, -0.1) is 0 Å². The maximum atomic E-state index is 12.9. The predicted molar refractivity (Wildman–Crippen MR) is 117 cm³/mol. The molecule has 1 heterocycles. The summed E-state index contributed by atoms with van der Waals surface area (Å²) in [5.74, 6) is -1.37. The fourth-order valence-electron chi connectivity index (χ4n) is 3.70. The Labute approximate surface area is 178 Å². The molecule has 1 amide bonds. The van der Waals surface area contributed by atoms with Crippen LogP contribution in [0.2, 0.25) is 0 Å². The Hall–Kier alpha value is -2.92. The molecule has 2 aromatic carbocycles. The van der Waals surface area contributed by atoms with E-state index in [0.29, 0.717) is 25.1 Å². The quantitative estimate of drug-likeness (QED) is 0.303. The number of likely N-dealkylation sites (tertiary alicyclic amines) is 1. The fraction of sp³-hybridized carbons (Fsp3) is 0.360. The topological polar surface area (TPSA) is 66.8 Å². The Morgan fingerprint density at radius 1 is 1.07 bits per heavy atom. The Kier molecular flexibility index (Phi) is 7.06. The van der Waals surface area contributed by atoms with Gasteiger partial charge >= 0.3 is 0 Å². The van der Waals surface area contributed by atoms with Crippen molar-refractivity contribution < 1.29 is 19.4 Å². The lowest BCUT2D eigenvalue weighted by Gasteiger charge is -2.25. The van der Waals surface area contributed by atoms with E-state index in [9.17, 15) is 14.7 Å². The molecular weight excluding hydrogens is 378 g/mol. The average Bonchev–Trinajstić information content (AvgIpc) is 3.01. The Balaban J connectivity index is 2.01. The molecule has 0 unspecified atom stereocenters. The second kappa shape index (κ2) is 9.72. The SMILES string of the molecule is CCc1ccc([C@H]2C(=C(O)c3ccccc3)C(=O)C(=O)N2CCCOC(C)C)cc1. The van der Waals surface area contributed by atoms with E-state index in [0.717, 1.165) is 12.0 Å².